The molecule has 5 aliphatic carbocycles. The van der Waals surface area contributed by atoms with E-state index in [2.05, 4.69) is 347 Å². The molecule has 0 spiro atoms. The summed E-state index contributed by atoms with van der Waals surface area (Å²) in [4.78, 5) is 0. The Labute approximate surface area is 633 Å². The maximum atomic E-state index is 6.14. The van der Waals surface area contributed by atoms with E-state index in [4.69, 9.17) is 23.7 Å². The van der Waals surface area contributed by atoms with Crippen LogP contribution in [0.25, 0.3) is 121 Å². The number of hydrogen-bond acceptors (Lipinski definition) is 5. The van der Waals surface area contributed by atoms with Crippen molar-refractivity contribution in [1.29, 1.82) is 0 Å². The summed E-state index contributed by atoms with van der Waals surface area (Å²) in [5.74, 6) is 5.11. The van der Waals surface area contributed by atoms with Crippen molar-refractivity contribution in [3.05, 3.63) is 311 Å². The minimum absolute atomic E-state index is 0.00401. The molecule has 0 amide bonds. The lowest BCUT2D eigenvalue weighted by Crippen LogP contribution is -2.42. The Kier molecular flexibility index (Phi) is 13.2. The summed E-state index contributed by atoms with van der Waals surface area (Å²) in [5, 5.41) is 14.4. The Morgan fingerprint density at radius 3 is 1.05 bits per heavy atom. The van der Waals surface area contributed by atoms with Gasteiger partial charge in [-0.05, 0) is 138 Å². The van der Waals surface area contributed by atoms with Gasteiger partial charge >= 0.3 is 0 Å². The fraction of sp³-hybridized carbons (Fsp3) is 0.202. The highest BCUT2D eigenvalue weighted by Crippen LogP contribution is 2.59. The molecular weight excluding hydrogens is 1340 g/mol. The molecule has 0 saturated carbocycles. The van der Waals surface area contributed by atoms with Crippen molar-refractivity contribution in [2.75, 3.05) is 0 Å². The van der Waals surface area contributed by atoms with Gasteiger partial charge in [-0.1, -0.05) is 215 Å². The monoisotopic (exact) mass is 1420 g/mol. The van der Waals surface area contributed by atoms with E-state index in [1.165, 1.54) is 177 Å². The molecule has 109 heavy (non-hydrogen) atoms. The molecule has 0 fully saturated rings. The molecule has 16 aromatic rings. The zero-order valence-corrected chi connectivity index (χ0v) is 63.1. The standard InChI is InChI=1S/2C23H18NO.2C19H16NO.C15H14NO/c1-23(2)17-8-5-9-20-21(17)22-18(23)11-16-10-14-6-3-4-7-15(14)12-19(16)24(22)13-25-20;1-23(2)18-8-5-9-19-20(18)22-21(23)17-11-15-7-4-3-6-14(15)10-16(17)12-24(22)13-25-19;2*1-19(2)14-8-5-9-15-16(14)18-17(19)13-7-4-3-6-12(13)10-20(18)11-21-15;1-15(2)10-5-3-7-12-13(10)14-11(15)6-4-8-16(14)9-17-12/h2*3-12H,13H2,1-2H3;2*3-10H,11H2,1-2H3;3-8H,9H2,1-2H3/q5*+1. The molecular formula is C99H82N5O5+5. The van der Waals surface area contributed by atoms with Gasteiger partial charge in [-0.15, -0.1) is 0 Å². The van der Waals surface area contributed by atoms with Crippen LogP contribution in [-0.4, -0.2) is 0 Å². The van der Waals surface area contributed by atoms with E-state index >= 15 is 0 Å². The van der Waals surface area contributed by atoms with Crippen LogP contribution in [0.1, 0.15) is 125 Å². The van der Waals surface area contributed by atoms with Crippen LogP contribution in [0, 0.1) is 0 Å². The normalized spacial score (nSPS) is 16.5. The molecule has 10 heteroatoms. The number of benzene rings is 11. The Bertz CT molecular complexity index is 6560. The molecule has 10 heterocycles. The van der Waals surface area contributed by atoms with Crippen molar-refractivity contribution in [2.45, 2.75) is 130 Å². The van der Waals surface area contributed by atoms with Crippen LogP contribution in [0.4, 0.5) is 0 Å². The quantitative estimate of drug-likeness (QED) is 0.112. The van der Waals surface area contributed by atoms with Crippen LogP contribution in [0.15, 0.2) is 255 Å². The zero-order valence-electron chi connectivity index (χ0n) is 63.1. The van der Waals surface area contributed by atoms with Crippen LogP contribution in [-0.2, 0) is 60.7 Å². The van der Waals surface area contributed by atoms with Crippen LogP contribution >= 0.6 is 0 Å². The number of rotatable bonds is 0. The van der Waals surface area contributed by atoms with Gasteiger partial charge in [-0.2, -0.15) is 22.8 Å². The Morgan fingerprint density at radius 1 is 0.239 bits per heavy atom. The number of fused-ring (bicyclic) bond motifs is 10. The topological polar surface area (TPSA) is 65.5 Å². The van der Waals surface area contributed by atoms with Gasteiger partial charge in [0.2, 0.25) is 34.0 Å². The Morgan fingerprint density at radius 2 is 0.578 bits per heavy atom. The summed E-state index contributed by atoms with van der Waals surface area (Å²) in [7, 11) is 0. The van der Waals surface area contributed by atoms with Crippen molar-refractivity contribution >= 4 is 64.8 Å². The average molecular weight is 1420 g/mol. The van der Waals surface area contributed by atoms with E-state index in [1.54, 1.807) is 0 Å². The van der Waals surface area contributed by atoms with Crippen LogP contribution in [0.2, 0.25) is 0 Å². The van der Waals surface area contributed by atoms with Gasteiger partial charge in [0.05, 0.1) is 27.8 Å². The van der Waals surface area contributed by atoms with Gasteiger partial charge in [-0.3, -0.25) is 0 Å². The van der Waals surface area contributed by atoms with E-state index in [0.717, 1.165) is 28.7 Å². The summed E-state index contributed by atoms with van der Waals surface area (Å²) in [6, 6.07) is 82.7. The van der Waals surface area contributed by atoms with E-state index in [9.17, 15) is 0 Å². The van der Waals surface area contributed by atoms with Crippen molar-refractivity contribution in [1.82, 2.24) is 0 Å². The molecule has 0 radical (unpaired) electrons. The smallest absolute Gasteiger partial charge is 0.293 e. The maximum Gasteiger partial charge on any atom is 0.293 e. The fourth-order valence-corrected chi connectivity index (χ4v) is 20.6. The van der Waals surface area contributed by atoms with E-state index in [0.29, 0.717) is 33.7 Å². The summed E-state index contributed by atoms with van der Waals surface area (Å²) < 4.78 is 41.3. The first kappa shape index (κ1) is 64.0. The third-order valence-corrected chi connectivity index (χ3v) is 25.9. The van der Waals surface area contributed by atoms with Crippen molar-refractivity contribution < 1.29 is 46.5 Å². The molecule has 10 nitrogen and oxygen atoms in total. The molecule has 10 aliphatic rings. The fourth-order valence-electron chi connectivity index (χ4n) is 20.6. The predicted molar refractivity (Wildman–Crippen MR) is 429 cm³/mol. The maximum absolute atomic E-state index is 6.14. The highest BCUT2D eigenvalue weighted by molar-refractivity contribution is 6.04. The molecule has 0 saturated heterocycles. The number of hydrogen-bond donors (Lipinski definition) is 0. The third-order valence-electron chi connectivity index (χ3n) is 25.9. The summed E-state index contributed by atoms with van der Waals surface area (Å²) >= 11 is 0. The minimum atomic E-state index is -0.0297. The van der Waals surface area contributed by atoms with E-state index in [-0.39, 0.29) is 27.1 Å². The van der Waals surface area contributed by atoms with Crippen LogP contribution in [0.3, 0.4) is 0 Å². The third kappa shape index (κ3) is 8.82. The van der Waals surface area contributed by atoms with Crippen molar-refractivity contribution in [3.8, 4) is 85.0 Å². The Balaban J connectivity index is 0.0000000848. The first-order chi connectivity index (χ1) is 52.8. The molecule has 5 aliphatic heterocycles. The SMILES string of the molecule is CC1(C)c2cccc3c2-c2c1c1cc4ccccc4cc1c[n+]2CO3.CC1(C)c2cccc3c2-c2c1c1ccccc1c[n+]2CO3.CC1(C)c2cccc3c2-c2c1c1ccccc1c[n+]2CO3.CC1(C)c2cccc3c2-c2c1cc1cc4ccccc4cc1[n+]2CO3.CC1(C)c2cccc3c2-c2c1ccc[n+]2CO3. The van der Waals surface area contributed by atoms with Crippen LogP contribution < -0.4 is 46.5 Å². The van der Waals surface area contributed by atoms with Gasteiger partial charge in [0.15, 0.2) is 24.8 Å². The molecule has 0 bridgehead atoms. The molecule has 0 N–H and O–H groups in total. The van der Waals surface area contributed by atoms with Gasteiger partial charge in [0.1, 0.15) is 28.7 Å². The van der Waals surface area contributed by atoms with E-state index in [1.807, 2.05) is 0 Å². The van der Waals surface area contributed by atoms with Crippen molar-refractivity contribution in [3.63, 3.8) is 0 Å². The molecule has 26 rings (SSSR count). The number of nitrogens with zero attached hydrogens (tertiary/aromatic N) is 5. The number of aromatic nitrogens is 5. The van der Waals surface area contributed by atoms with Gasteiger partial charge in [0, 0.05) is 88.6 Å². The largest absolute Gasteiger partial charge is 0.435 e. The van der Waals surface area contributed by atoms with Gasteiger partial charge < -0.3 is 23.7 Å². The number of pyridine rings is 5. The predicted octanol–water partition coefficient (Wildman–Crippen LogP) is 20.1. The Hall–Kier alpha value is -12.3. The van der Waals surface area contributed by atoms with Crippen molar-refractivity contribution in [2.24, 2.45) is 0 Å². The molecule has 5 aromatic heterocycles. The highest BCUT2D eigenvalue weighted by Gasteiger charge is 2.52. The lowest BCUT2D eigenvalue weighted by atomic mass is 9.80. The minimum Gasteiger partial charge on any atom is -0.435 e. The summed E-state index contributed by atoms with van der Waals surface area (Å²) in [6.07, 6.45) is 8.78. The molecule has 0 unspecified atom stereocenters. The number of ether oxygens (including phenoxy) is 5. The highest BCUT2D eigenvalue weighted by atomic mass is 16.5. The average Bonchev–Trinajstić information content (AvgIpc) is 1.56. The van der Waals surface area contributed by atoms with E-state index < -0.39 is 0 Å². The molecule has 0 atom stereocenters. The lowest BCUT2D eigenvalue weighted by molar-refractivity contribution is -0.717. The second-order valence-electron chi connectivity index (χ2n) is 33.6. The first-order valence-electron chi connectivity index (χ1n) is 38.4. The van der Waals surface area contributed by atoms with Gasteiger partial charge in [-0.25, -0.2) is 0 Å². The summed E-state index contributed by atoms with van der Waals surface area (Å²) in [5.41, 5.74) is 28.4. The van der Waals surface area contributed by atoms with Gasteiger partial charge in [0.25, 0.3) is 33.7 Å². The zero-order chi connectivity index (χ0) is 73.5. The summed E-state index contributed by atoms with van der Waals surface area (Å²) in [6.45, 7) is 26.2. The molecule has 528 valence electrons. The lowest BCUT2D eigenvalue weighted by Gasteiger charge is -2.21. The van der Waals surface area contributed by atoms with Crippen LogP contribution in [0.5, 0.6) is 28.7 Å². The molecule has 11 aromatic carbocycles. The second-order valence-corrected chi connectivity index (χ2v) is 33.6. The first-order valence-corrected chi connectivity index (χ1v) is 38.4. The second kappa shape index (κ2) is 22.4.